The van der Waals surface area contributed by atoms with Crippen LogP contribution in [0.25, 0.3) is 0 Å². The number of halogens is 1. The minimum atomic E-state index is -0.450. The van der Waals surface area contributed by atoms with Gasteiger partial charge in [-0.2, -0.15) is 0 Å². The molecule has 15 heavy (non-hydrogen) atoms. The Kier molecular flexibility index (Phi) is 3.74. The highest BCUT2D eigenvalue weighted by Gasteiger charge is 2.15. The molecule has 0 heterocycles. The van der Waals surface area contributed by atoms with Crippen LogP contribution in [-0.2, 0) is 0 Å². The van der Waals surface area contributed by atoms with Crippen LogP contribution < -0.4 is 10.1 Å². The number of nitrogens with one attached hydrogen (secondary N) is 1. The van der Waals surface area contributed by atoms with Crippen LogP contribution in [0.15, 0.2) is 28.7 Å². The third-order valence-corrected chi connectivity index (χ3v) is 2.17. The topological polar surface area (TPSA) is 38.3 Å². The van der Waals surface area contributed by atoms with Gasteiger partial charge in [0.2, 0.25) is 0 Å². The van der Waals surface area contributed by atoms with E-state index in [4.69, 9.17) is 4.74 Å². The van der Waals surface area contributed by atoms with E-state index >= 15 is 0 Å². The first-order chi connectivity index (χ1) is 6.88. The van der Waals surface area contributed by atoms with Crippen molar-refractivity contribution in [3.8, 4) is 5.75 Å². The second kappa shape index (κ2) is 4.66. The van der Waals surface area contributed by atoms with Gasteiger partial charge in [-0.25, -0.2) is 4.79 Å². The molecule has 82 valence electrons. The zero-order valence-electron chi connectivity index (χ0n) is 9.00. The first-order valence-electron chi connectivity index (χ1n) is 4.63. The van der Waals surface area contributed by atoms with Gasteiger partial charge in [0.1, 0.15) is 5.75 Å². The molecule has 0 saturated carbocycles. The molecule has 1 amide bonds. The van der Waals surface area contributed by atoms with Crippen molar-refractivity contribution in [3.05, 3.63) is 28.7 Å². The van der Waals surface area contributed by atoms with Crippen molar-refractivity contribution in [1.82, 2.24) is 5.32 Å². The lowest BCUT2D eigenvalue weighted by molar-refractivity contribution is 0.190. The molecular weight excluding hydrogens is 258 g/mol. The highest BCUT2D eigenvalue weighted by molar-refractivity contribution is 9.10. The Bertz CT molecular complexity index is 358. The van der Waals surface area contributed by atoms with Gasteiger partial charge >= 0.3 is 6.09 Å². The highest BCUT2D eigenvalue weighted by Crippen LogP contribution is 2.23. The largest absolute Gasteiger partial charge is 0.413 e. The average molecular weight is 272 g/mol. The second-order valence-electron chi connectivity index (χ2n) is 4.19. The highest BCUT2D eigenvalue weighted by atomic mass is 79.9. The van der Waals surface area contributed by atoms with Gasteiger partial charge in [-0.15, -0.1) is 0 Å². The lowest BCUT2D eigenvalue weighted by atomic mass is 10.1. The molecule has 3 nitrogen and oxygen atoms in total. The van der Waals surface area contributed by atoms with Crippen LogP contribution in [-0.4, -0.2) is 11.6 Å². The number of hydrogen-bond acceptors (Lipinski definition) is 2. The zero-order valence-corrected chi connectivity index (χ0v) is 10.6. The van der Waals surface area contributed by atoms with Crippen LogP contribution in [0.5, 0.6) is 5.75 Å². The summed E-state index contributed by atoms with van der Waals surface area (Å²) in [6.45, 7) is 5.69. The number of ether oxygens (including phenoxy) is 1. The molecule has 1 aromatic carbocycles. The van der Waals surface area contributed by atoms with E-state index in [1.165, 1.54) is 0 Å². The van der Waals surface area contributed by atoms with Gasteiger partial charge in [0.15, 0.2) is 0 Å². The monoisotopic (exact) mass is 271 g/mol. The molecular formula is C11H14BrNO2. The van der Waals surface area contributed by atoms with Crippen molar-refractivity contribution in [2.75, 3.05) is 0 Å². The molecule has 0 unspecified atom stereocenters. The molecule has 0 radical (unpaired) electrons. The summed E-state index contributed by atoms with van der Waals surface area (Å²) < 4.78 is 5.88. The van der Waals surface area contributed by atoms with Gasteiger partial charge in [0.25, 0.3) is 0 Å². The molecule has 0 aliphatic heterocycles. The van der Waals surface area contributed by atoms with Crippen LogP contribution in [0, 0.1) is 0 Å². The third-order valence-electron chi connectivity index (χ3n) is 1.52. The molecule has 0 atom stereocenters. The molecule has 1 N–H and O–H groups in total. The second-order valence-corrected chi connectivity index (χ2v) is 5.05. The summed E-state index contributed by atoms with van der Waals surface area (Å²) in [4.78, 5) is 11.4. The molecule has 0 spiro atoms. The minimum Gasteiger partial charge on any atom is -0.409 e. The number of hydrogen-bond donors (Lipinski definition) is 1. The molecule has 0 bridgehead atoms. The van der Waals surface area contributed by atoms with E-state index in [2.05, 4.69) is 21.2 Å². The van der Waals surface area contributed by atoms with E-state index in [1.807, 2.05) is 39.0 Å². The summed E-state index contributed by atoms with van der Waals surface area (Å²) >= 11 is 3.30. The Hall–Kier alpha value is -1.03. The van der Waals surface area contributed by atoms with Crippen LogP contribution in [0.3, 0.4) is 0 Å². The van der Waals surface area contributed by atoms with E-state index in [9.17, 15) is 4.79 Å². The molecule has 0 aromatic heterocycles. The standard InChI is InChI=1S/C11H14BrNO2/c1-11(2,3)13-10(14)15-9-7-5-4-6-8(9)12/h4-7H,1-3H3,(H,13,14). The summed E-state index contributed by atoms with van der Waals surface area (Å²) in [6.07, 6.45) is -0.450. The lowest BCUT2D eigenvalue weighted by Gasteiger charge is -2.20. The molecule has 0 aliphatic carbocycles. The average Bonchev–Trinajstić information content (AvgIpc) is 2.05. The Morgan fingerprint density at radius 2 is 1.93 bits per heavy atom. The summed E-state index contributed by atoms with van der Waals surface area (Å²) in [5.74, 6) is 0.513. The maximum absolute atomic E-state index is 11.4. The van der Waals surface area contributed by atoms with Crippen LogP contribution in [0.1, 0.15) is 20.8 Å². The van der Waals surface area contributed by atoms with Gasteiger partial charge < -0.3 is 10.1 Å². The molecule has 1 aromatic rings. The lowest BCUT2D eigenvalue weighted by Crippen LogP contribution is -2.42. The normalized spacial score (nSPS) is 10.9. The van der Waals surface area contributed by atoms with Crippen molar-refractivity contribution in [2.45, 2.75) is 26.3 Å². The summed E-state index contributed by atoms with van der Waals surface area (Å²) in [6, 6.07) is 7.22. The van der Waals surface area contributed by atoms with Crippen molar-refractivity contribution >= 4 is 22.0 Å². The van der Waals surface area contributed by atoms with Gasteiger partial charge in [-0.1, -0.05) is 12.1 Å². The summed E-state index contributed by atoms with van der Waals surface area (Å²) in [5, 5.41) is 2.71. The fourth-order valence-corrected chi connectivity index (χ4v) is 1.32. The zero-order chi connectivity index (χ0) is 11.5. The van der Waals surface area contributed by atoms with Gasteiger partial charge in [0.05, 0.1) is 4.47 Å². The SMILES string of the molecule is CC(C)(C)NC(=O)Oc1ccccc1Br. The van der Waals surface area contributed by atoms with Crippen LogP contribution >= 0.6 is 15.9 Å². The fourth-order valence-electron chi connectivity index (χ4n) is 0.959. The van der Waals surface area contributed by atoms with Crippen LogP contribution in [0.4, 0.5) is 4.79 Å². The van der Waals surface area contributed by atoms with E-state index in [0.29, 0.717) is 5.75 Å². The summed E-state index contributed by atoms with van der Waals surface area (Å²) in [7, 11) is 0. The minimum absolute atomic E-state index is 0.293. The molecule has 0 aliphatic rings. The maximum Gasteiger partial charge on any atom is 0.413 e. The van der Waals surface area contributed by atoms with E-state index in [1.54, 1.807) is 6.07 Å². The van der Waals surface area contributed by atoms with Crippen molar-refractivity contribution in [1.29, 1.82) is 0 Å². The number of rotatable bonds is 1. The fraction of sp³-hybridized carbons (Fsp3) is 0.364. The van der Waals surface area contributed by atoms with E-state index in [-0.39, 0.29) is 5.54 Å². The van der Waals surface area contributed by atoms with E-state index in [0.717, 1.165) is 4.47 Å². The Morgan fingerprint density at radius 3 is 2.47 bits per heavy atom. The molecule has 1 rings (SSSR count). The molecule has 0 fully saturated rings. The third kappa shape index (κ3) is 4.34. The van der Waals surface area contributed by atoms with Crippen molar-refractivity contribution in [2.24, 2.45) is 0 Å². The first kappa shape index (κ1) is 12.0. The number of benzene rings is 1. The van der Waals surface area contributed by atoms with Crippen molar-refractivity contribution < 1.29 is 9.53 Å². The first-order valence-corrected chi connectivity index (χ1v) is 5.42. The quantitative estimate of drug-likeness (QED) is 0.851. The molecule has 0 saturated heterocycles. The summed E-state index contributed by atoms with van der Waals surface area (Å²) in [5.41, 5.74) is -0.293. The van der Waals surface area contributed by atoms with Gasteiger partial charge in [-0.3, -0.25) is 0 Å². The number of amides is 1. The van der Waals surface area contributed by atoms with Crippen LogP contribution in [0.2, 0.25) is 0 Å². The number of carbonyl (C=O) groups excluding carboxylic acids is 1. The Balaban J connectivity index is 2.64. The smallest absolute Gasteiger partial charge is 0.409 e. The van der Waals surface area contributed by atoms with Crippen molar-refractivity contribution in [3.63, 3.8) is 0 Å². The maximum atomic E-state index is 11.4. The molecule has 4 heteroatoms. The Labute approximate surface area is 97.9 Å². The predicted molar refractivity (Wildman–Crippen MR) is 63.1 cm³/mol. The van der Waals surface area contributed by atoms with Gasteiger partial charge in [0, 0.05) is 5.54 Å². The van der Waals surface area contributed by atoms with E-state index < -0.39 is 6.09 Å². The Morgan fingerprint density at radius 1 is 1.33 bits per heavy atom. The number of para-hydroxylation sites is 1. The van der Waals surface area contributed by atoms with Gasteiger partial charge in [-0.05, 0) is 48.8 Å². The predicted octanol–water partition coefficient (Wildman–Crippen LogP) is 3.34. The number of carbonyl (C=O) groups is 1.